The Morgan fingerprint density at radius 2 is 0.974 bits per heavy atom. The van der Waals surface area contributed by atoms with E-state index in [1.807, 2.05) is 98.8 Å². The predicted molar refractivity (Wildman–Crippen MR) is 156 cm³/mol. The minimum absolute atomic E-state index is 0.380. The van der Waals surface area contributed by atoms with E-state index in [0.717, 1.165) is 35.1 Å². The second-order valence-electron chi connectivity index (χ2n) is 9.10. The molecule has 4 heteroatoms. The van der Waals surface area contributed by atoms with Gasteiger partial charge in [0.05, 0.1) is 11.1 Å². The van der Waals surface area contributed by atoms with Crippen molar-refractivity contribution in [1.29, 1.82) is 0 Å². The highest BCUT2D eigenvalue weighted by atomic mass is 16.5. The lowest BCUT2D eigenvalue weighted by molar-refractivity contribution is 0.0725. The molecule has 0 aliphatic heterocycles. The monoisotopic (exact) mass is 516 g/mol. The minimum atomic E-state index is -0.380. The predicted octanol–water partition coefficient (Wildman–Crippen LogP) is 7.95. The van der Waals surface area contributed by atoms with E-state index in [0.29, 0.717) is 29.0 Å². The molecule has 0 heterocycles. The summed E-state index contributed by atoms with van der Waals surface area (Å²) in [6.45, 7) is 3.98. The van der Waals surface area contributed by atoms with Gasteiger partial charge in [-0.05, 0) is 104 Å². The van der Waals surface area contributed by atoms with Crippen molar-refractivity contribution in [1.82, 2.24) is 0 Å². The highest BCUT2D eigenvalue weighted by Gasteiger charge is 2.14. The summed E-state index contributed by atoms with van der Waals surface area (Å²) in [4.78, 5) is 25.2. The molecule has 196 valence electrons. The average Bonchev–Trinajstić information content (AvgIpc) is 2.97. The smallest absolute Gasteiger partial charge is 0.343 e. The van der Waals surface area contributed by atoms with Crippen LogP contribution < -0.4 is 9.47 Å². The minimum Gasteiger partial charge on any atom is -0.423 e. The fourth-order valence-electron chi connectivity index (χ4n) is 4.23. The Hall–Kier alpha value is -4.70. The molecule has 0 fully saturated rings. The van der Waals surface area contributed by atoms with Crippen LogP contribution in [0.15, 0.2) is 121 Å². The second kappa shape index (κ2) is 13.7. The first-order valence-electron chi connectivity index (χ1n) is 13.1. The van der Waals surface area contributed by atoms with E-state index in [1.54, 1.807) is 24.3 Å². The van der Waals surface area contributed by atoms with Gasteiger partial charge in [0, 0.05) is 0 Å². The van der Waals surface area contributed by atoms with Gasteiger partial charge in [0.25, 0.3) is 0 Å². The van der Waals surface area contributed by atoms with E-state index in [9.17, 15) is 9.59 Å². The van der Waals surface area contributed by atoms with Crippen molar-refractivity contribution in [3.63, 3.8) is 0 Å². The highest BCUT2D eigenvalue weighted by Crippen LogP contribution is 2.27. The summed E-state index contributed by atoms with van der Waals surface area (Å²) in [7, 11) is 0. The molecule has 0 saturated carbocycles. The van der Waals surface area contributed by atoms with Crippen LogP contribution in [0.3, 0.4) is 0 Å². The van der Waals surface area contributed by atoms with E-state index in [1.165, 1.54) is 0 Å². The highest BCUT2D eigenvalue weighted by molar-refractivity contribution is 5.91. The van der Waals surface area contributed by atoms with E-state index >= 15 is 0 Å². The summed E-state index contributed by atoms with van der Waals surface area (Å²) in [5, 5.41) is 0. The van der Waals surface area contributed by atoms with Crippen molar-refractivity contribution < 1.29 is 19.1 Å². The van der Waals surface area contributed by atoms with Gasteiger partial charge in [-0.3, -0.25) is 0 Å². The van der Waals surface area contributed by atoms with E-state index in [2.05, 4.69) is 12.2 Å². The Kier molecular flexibility index (Phi) is 9.63. The molecule has 0 amide bonds. The standard InChI is InChI=1S/C35H32O4/c1-3-5-13-28-24-32(38-34(36)26-15-9-7-10-16-26)21-19-30(28)23-31-20-22-33(25-29(31)14-6-4-2)39-35(37)27-17-11-8-12-18-27/h3-12,15-22,24-25H,13-14,23H2,1-2H3. The quantitative estimate of drug-likeness (QED) is 0.122. The molecule has 4 nitrogen and oxygen atoms in total. The zero-order valence-electron chi connectivity index (χ0n) is 22.3. The van der Waals surface area contributed by atoms with Gasteiger partial charge in [-0.2, -0.15) is 0 Å². The van der Waals surface area contributed by atoms with Gasteiger partial charge in [0.2, 0.25) is 0 Å². The third kappa shape index (κ3) is 7.65. The first-order chi connectivity index (χ1) is 19.1. The van der Waals surface area contributed by atoms with E-state index in [-0.39, 0.29) is 11.9 Å². The number of carbonyl (C=O) groups excluding carboxylic acids is 2. The SMILES string of the molecule is CC=CCc1cc(OC(=O)c2ccccc2)ccc1Cc1ccc(OC(=O)c2ccccc2)cc1CC=CC. The van der Waals surface area contributed by atoms with Crippen molar-refractivity contribution in [3.8, 4) is 11.5 Å². The summed E-state index contributed by atoms with van der Waals surface area (Å²) in [5.74, 6) is 0.276. The fourth-order valence-corrected chi connectivity index (χ4v) is 4.23. The number of hydrogen-bond acceptors (Lipinski definition) is 4. The van der Waals surface area contributed by atoms with E-state index < -0.39 is 0 Å². The summed E-state index contributed by atoms with van der Waals surface area (Å²) in [6.07, 6.45) is 10.3. The Bertz CT molecular complexity index is 1350. The Morgan fingerprint density at radius 1 is 0.564 bits per heavy atom. The van der Waals surface area contributed by atoms with Crippen molar-refractivity contribution in [2.24, 2.45) is 0 Å². The molecule has 4 rings (SSSR count). The third-order valence-electron chi connectivity index (χ3n) is 6.32. The Morgan fingerprint density at radius 3 is 1.36 bits per heavy atom. The largest absolute Gasteiger partial charge is 0.423 e. The van der Waals surface area contributed by atoms with Gasteiger partial charge < -0.3 is 9.47 Å². The van der Waals surface area contributed by atoms with Crippen LogP contribution in [0, 0.1) is 0 Å². The van der Waals surface area contributed by atoms with Crippen LogP contribution in [-0.2, 0) is 19.3 Å². The third-order valence-corrected chi connectivity index (χ3v) is 6.32. The summed E-state index contributed by atoms with van der Waals surface area (Å²) in [5.41, 5.74) is 5.48. The molecule has 0 unspecified atom stereocenters. The molecule has 39 heavy (non-hydrogen) atoms. The zero-order chi connectivity index (χ0) is 27.5. The van der Waals surface area contributed by atoms with Crippen LogP contribution >= 0.6 is 0 Å². The summed E-state index contributed by atoms with van der Waals surface area (Å²) < 4.78 is 11.3. The normalized spacial score (nSPS) is 11.1. The van der Waals surface area contributed by atoms with Gasteiger partial charge in [0.1, 0.15) is 11.5 Å². The maximum absolute atomic E-state index is 12.6. The fraction of sp³-hybridized carbons (Fsp3) is 0.143. The maximum Gasteiger partial charge on any atom is 0.343 e. The maximum atomic E-state index is 12.6. The number of ether oxygens (including phenoxy) is 2. The molecule has 0 N–H and O–H groups in total. The van der Waals surface area contributed by atoms with Crippen LogP contribution in [0.2, 0.25) is 0 Å². The molecule has 0 atom stereocenters. The van der Waals surface area contributed by atoms with Crippen molar-refractivity contribution in [2.75, 3.05) is 0 Å². The lowest BCUT2D eigenvalue weighted by Crippen LogP contribution is -2.09. The topological polar surface area (TPSA) is 52.6 Å². The van der Waals surface area contributed by atoms with Gasteiger partial charge >= 0.3 is 11.9 Å². The second-order valence-corrected chi connectivity index (χ2v) is 9.10. The van der Waals surface area contributed by atoms with E-state index in [4.69, 9.17) is 9.47 Å². The molecular weight excluding hydrogens is 484 g/mol. The van der Waals surface area contributed by atoms with Crippen molar-refractivity contribution in [2.45, 2.75) is 33.1 Å². The molecule has 0 aliphatic carbocycles. The summed E-state index contributed by atoms with van der Waals surface area (Å²) >= 11 is 0. The molecule has 0 aliphatic rings. The molecule has 0 bridgehead atoms. The number of carbonyl (C=O) groups is 2. The van der Waals surface area contributed by atoms with Gasteiger partial charge in [-0.1, -0.05) is 72.8 Å². The molecule has 0 aromatic heterocycles. The summed E-state index contributed by atoms with van der Waals surface area (Å²) in [6, 6.07) is 29.6. The number of esters is 2. The van der Waals surface area contributed by atoms with Gasteiger partial charge in [-0.25, -0.2) is 9.59 Å². The first kappa shape index (κ1) is 27.3. The van der Waals surface area contributed by atoms with Gasteiger partial charge in [0.15, 0.2) is 0 Å². The molecule has 0 saturated heterocycles. The van der Waals surface area contributed by atoms with Crippen LogP contribution in [-0.4, -0.2) is 11.9 Å². The van der Waals surface area contributed by atoms with Crippen LogP contribution in [0.4, 0.5) is 0 Å². The van der Waals surface area contributed by atoms with Crippen LogP contribution in [0.1, 0.15) is 56.8 Å². The van der Waals surface area contributed by atoms with Crippen LogP contribution in [0.25, 0.3) is 0 Å². The molecular formula is C35H32O4. The average molecular weight is 517 g/mol. The molecule has 4 aromatic carbocycles. The van der Waals surface area contributed by atoms with Crippen molar-refractivity contribution in [3.05, 3.63) is 155 Å². The molecule has 0 spiro atoms. The van der Waals surface area contributed by atoms with Crippen LogP contribution in [0.5, 0.6) is 11.5 Å². The zero-order valence-corrected chi connectivity index (χ0v) is 22.3. The lowest BCUT2D eigenvalue weighted by atomic mass is 9.93. The number of allylic oxidation sites excluding steroid dienone is 4. The molecule has 4 aromatic rings. The molecule has 0 radical (unpaired) electrons. The Balaban J connectivity index is 1.58. The Labute approximate surface area is 230 Å². The number of rotatable bonds is 10. The lowest BCUT2D eigenvalue weighted by Gasteiger charge is -2.15. The van der Waals surface area contributed by atoms with Gasteiger partial charge in [-0.15, -0.1) is 0 Å². The first-order valence-corrected chi connectivity index (χ1v) is 13.1. The number of benzene rings is 4. The van der Waals surface area contributed by atoms with Crippen molar-refractivity contribution >= 4 is 11.9 Å². The number of hydrogen-bond donors (Lipinski definition) is 0.